The molecule has 0 amide bonds. The van der Waals surface area contributed by atoms with Gasteiger partial charge in [0.1, 0.15) is 11.5 Å². The lowest BCUT2D eigenvalue weighted by atomic mass is 9.90. The van der Waals surface area contributed by atoms with Crippen LogP contribution < -0.4 is 9.47 Å². The van der Waals surface area contributed by atoms with Crippen LogP contribution in [0.1, 0.15) is 18.1 Å². The Morgan fingerprint density at radius 2 is 1.41 bits per heavy atom. The molecule has 160 valence electrons. The second kappa shape index (κ2) is 13.2. The van der Waals surface area contributed by atoms with E-state index in [1.54, 1.807) is 21.3 Å². The van der Waals surface area contributed by atoms with Crippen molar-refractivity contribution in [1.82, 2.24) is 0 Å². The molecule has 0 saturated heterocycles. The Morgan fingerprint density at radius 1 is 0.724 bits per heavy atom. The fourth-order valence-electron chi connectivity index (χ4n) is 3.22. The number of hydrogen-bond acceptors (Lipinski definition) is 6. The first-order chi connectivity index (χ1) is 14.3. The standard InChI is InChI=1S/C23H32O6/c1-5-19-20(11-12-27-14-13-24-2)23(18-9-7-6-8-10-18)22(29-17-26-4)15-21(19)28-16-25-3/h6-10,15H,5,11-14,16-17H2,1-4H3. The van der Waals surface area contributed by atoms with Crippen molar-refractivity contribution in [2.75, 3.05) is 54.7 Å². The van der Waals surface area contributed by atoms with E-state index in [2.05, 4.69) is 19.1 Å². The van der Waals surface area contributed by atoms with E-state index in [0.717, 1.165) is 40.8 Å². The van der Waals surface area contributed by atoms with E-state index in [-0.39, 0.29) is 13.6 Å². The summed E-state index contributed by atoms with van der Waals surface area (Å²) in [6.07, 6.45) is 1.54. The zero-order chi connectivity index (χ0) is 20.9. The van der Waals surface area contributed by atoms with Crippen molar-refractivity contribution in [3.63, 3.8) is 0 Å². The fraction of sp³-hybridized carbons (Fsp3) is 0.478. The van der Waals surface area contributed by atoms with Crippen LogP contribution in [0.15, 0.2) is 36.4 Å². The minimum atomic E-state index is 0.152. The van der Waals surface area contributed by atoms with Crippen molar-refractivity contribution in [2.45, 2.75) is 19.8 Å². The van der Waals surface area contributed by atoms with Crippen molar-refractivity contribution in [3.8, 4) is 22.6 Å². The Hall–Kier alpha value is -2.12. The Kier molecular flexibility index (Phi) is 10.5. The van der Waals surface area contributed by atoms with Gasteiger partial charge in [0.2, 0.25) is 0 Å². The maximum absolute atomic E-state index is 5.94. The van der Waals surface area contributed by atoms with Crippen molar-refractivity contribution in [3.05, 3.63) is 47.5 Å². The third kappa shape index (κ3) is 6.72. The molecule has 0 aromatic heterocycles. The highest BCUT2D eigenvalue weighted by Crippen LogP contribution is 2.41. The van der Waals surface area contributed by atoms with Crippen molar-refractivity contribution in [2.24, 2.45) is 0 Å². The van der Waals surface area contributed by atoms with Crippen LogP contribution in [0.25, 0.3) is 11.1 Å². The molecule has 29 heavy (non-hydrogen) atoms. The molecule has 0 aliphatic carbocycles. The molecule has 2 rings (SSSR count). The van der Waals surface area contributed by atoms with Crippen LogP contribution >= 0.6 is 0 Å². The third-order valence-electron chi connectivity index (χ3n) is 4.48. The Morgan fingerprint density at radius 3 is 2.03 bits per heavy atom. The van der Waals surface area contributed by atoms with Crippen LogP contribution in [0.5, 0.6) is 11.5 Å². The van der Waals surface area contributed by atoms with E-state index in [4.69, 9.17) is 28.4 Å². The zero-order valence-corrected chi connectivity index (χ0v) is 17.9. The summed E-state index contributed by atoms with van der Waals surface area (Å²) in [7, 11) is 4.88. The molecule has 0 radical (unpaired) electrons. The van der Waals surface area contributed by atoms with Gasteiger partial charge in [-0.2, -0.15) is 0 Å². The largest absolute Gasteiger partial charge is 0.467 e. The van der Waals surface area contributed by atoms with E-state index < -0.39 is 0 Å². The summed E-state index contributed by atoms with van der Waals surface area (Å²) in [6, 6.07) is 12.1. The smallest absolute Gasteiger partial charge is 0.188 e. The summed E-state index contributed by atoms with van der Waals surface area (Å²) in [5.74, 6) is 1.47. The number of ether oxygens (including phenoxy) is 6. The van der Waals surface area contributed by atoms with Crippen LogP contribution in [0.3, 0.4) is 0 Å². The third-order valence-corrected chi connectivity index (χ3v) is 4.48. The lowest BCUT2D eigenvalue weighted by molar-refractivity contribution is 0.0456. The molecule has 0 bridgehead atoms. The highest BCUT2D eigenvalue weighted by atomic mass is 16.7. The van der Waals surface area contributed by atoms with Gasteiger partial charge in [0.25, 0.3) is 0 Å². The molecular weight excluding hydrogens is 372 g/mol. The Labute approximate surface area is 173 Å². The lowest BCUT2D eigenvalue weighted by Crippen LogP contribution is -2.11. The predicted octanol–water partition coefficient (Wildman–Crippen LogP) is 4.09. The molecule has 0 atom stereocenters. The van der Waals surface area contributed by atoms with Gasteiger partial charge in [-0.15, -0.1) is 0 Å². The number of methoxy groups -OCH3 is 3. The SMILES string of the molecule is CCc1c(OCOC)cc(OCOC)c(-c2ccccc2)c1CCOCCOC. The fourth-order valence-corrected chi connectivity index (χ4v) is 3.22. The van der Waals surface area contributed by atoms with Gasteiger partial charge in [-0.05, 0) is 29.5 Å². The average molecular weight is 405 g/mol. The predicted molar refractivity (Wildman–Crippen MR) is 113 cm³/mol. The highest BCUT2D eigenvalue weighted by Gasteiger charge is 2.20. The minimum absolute atomic E-state index is 0.152. The van der Waals surface area contributed by atoms with Crippen molar-refractivity contribution in [1.29, 1.82) is 0 Å². The zero-order valence-electron chi connectivity index (χ0n) is 17.9. The van der Waals surface area contributed by atoms with Gasteiger partial charge >= 0.3 is 0 Å². The van der Waals surface area contributed by atoms with Gasteiger partial charge in [-0.25, -0.2) is 0 Å². The minimum Gasteiger partial charge on any atom is -0.467 e. The molecule has 0 unspecified atom stereocenters. The first kappa shape index (κ1) is 23.2. The van der Waals surface area contributed by atoms with Gasteiger partial charge in [0.15, 0.2) is 13.6 Å². The molecule has 6 nitrogen and oxygen atoms in total. The van der Waals surface area contributed by atoms with E-state index in [1.807, 2.05) is 24.3 Å². The Bertz CT molecular complexity index is 717. The van der Waals surface area contributed by atoms with Gasteiger partial charge in [-0.1, -0.05) is 37.3 Å². The maximum Gasteiger partial charge on any atom is 0.188 e. The molecule has 2 aromatic rings. The molecule has 0 saturated carbocycles. The summed E-state index contributed by atoms with van der Waals surface area (Å²) >= 11 is 0. The number of rotatable bonds is 14. The van der Waals surface area contributed by atoms with Crippen LogP contribution in [0.4, 0.5) is 0 Å². The van der Waals surface area contributed by atoms with Gasteiger partial charge in [0, 0.05) is 33.0 Å². The molecular formula is C23H32O6. The first-order valence-corrected chi connectivity index (χ1v) is 9.81. The summed E-state index contributed by atoms with van der Waals surface area (Å²) in [6.45, 7) is 4.16. The van der Waals surface area contributed by atoms with Gasteiger partial charge < -0.3 is 28.4 Å². The molecule has 6 heteroatoms. The van der Waals surface area contributed by atoms with E-state index in [1.165, 1.54) is 0 Å². The molecule has 0 heterocycles. The summed E-state index contributed by atoms with van der Waals surface area (Å²) in [5, 5.41) is 0. The topological polar surface area (TPSA) is 55.4 Å². The summed E-state index contributed by atoms with van der Waals surface area (Å²) in [4.78, 5) is 0. The van der Waals surface area contributed by atoms with Crippen LogP contribution in [-0.2, 0) is 31.8 Å². The second-order valence-electron chi connectivity index (χ2n) is 6.38. The summed E-state index contributed by atoms with van der Waals surface area (Å²) in [5.41, 5.74) is 4.40. The van der Waals surface area contributed by atoms with Crippen LogP contribution in [0, 0.1) is 0 Å². The lowest BCUT2D eigenvalue weighted by Gasteiger charge is -2.22. The molecule has 0 aliphatic heterocycles. The molecule has 0 spiro atoms. The molecule has 0 N–H and O–H groups in total. The van der Waals surface area contributed by atoms with Gasteiger partial charge in [-0.3, -0.25) is 0 Å². The van der Waals surface area contributed by atoms with Crippen LogP contribution in [-0.4, -0.2) is 54.7 Å². The van der Waals surface area contributed by atoms with E-state index in [0.29, 0.717) is 25.6 Å². The molecule has 2 aromatic carbocycles. The van der Waals surface area contributed by atoms with Crippen LogP contribution in [0.2, 0.25) is 0 Å². The quantitative estimate of drug-likeness (QED) is 0.349. The molecule has 0 aliphatic rings. The summed E-state index contributed by atoms with van der Waals surface area (Å²) < 4.78 is 32.9. The van der Waals surface area contributed by atoms with E-state index in [9.17, 15) is 0 Å². The number of benzene rings is 2. The second-order valence-corrected chi connectivity index (χ2v) is 6.38. The van der Waals surface area contributed by atoms with Gasteiger partial charge in [0.05, 0.1) is 19.8 Å². The monoisotopic (exact) mass is 404 g/mol. The molecule has 0 fully saturated rings. The Balaban J connectivity index is 2.51. The van der Waals surface area contributed by atoms with Crippen molar-refractivity contribution < 1.29 is 28.4 Å². The highest BCUT2D eigenvalue weighted by molar-refractivity contribution is 5.77. The normalized spacial score (nSPS) is 10.9. The first-order valence-electron chi connectivity index (χ1n) is 9.81. The maximum atomic E-state index is 5.94. The van der Waals surface area contributed by atoms with E-state index >= 15 is 0 Å². The van der Waals surface area contributed by atoms with Crippen molar-refractivity contribution >= 4 is 0 Å². The average Bonchev–Trinajstić information content (AvgIpc) is 2.76. The number of hydrogen-bond donors (Lipinski definition) is 0.